The Hall–Kier alpha value is -2.85. The van der Waals surface area contributed by atoms with Crippen molar-refractivity contribution in [3.8, 4) is 0 Å². The van der Waals surface area contributed by atoms with Crippen molar-refractivity contribution >= 4 is 11.7 Å². The van der Waals surface area contributed by atoms with Gasteiger partial charge in [0.05, 0.1) is 16.7 Å². The third-order valence-corrected chi connectivity index (χ3v) is 4.33. The summed E-state index contributed by atoms with van der Waals surface area (Å²) in [7, 11) is 0. The molecule has 1 fully saturated rings. The average molecular weight is 404 g/mol. The topological polar surface area (TPSA) is 49.3 Å². The van der Waals surface area contributed by atoms with Crippen LogP contribution in [0.4, 0.5) is 32.2 Å². The van der Waals surface area contributed by atoms with Gasteiger partial charge in [-0.05, 0) is 30.3 Å². The molecule has 0 saturated carbocycles. The van der Waals surface area contributed by atoms with Crippen molar-refractivity contribution < 1.29 is 31.1 Å². The Balaban J connectivity index is 1.84. The normalized spacial score (nSPS) is 15.6. The van der Waals surface area contributed by atoms with Crippen LogP contribution in [0.5, 0.6) is 0 Å². The highest BCUT2D eigenvalue weighted by atomic mass is 19.4. The van der Waals surface area contributed by atoms with E-state index in [1.54, 1.807) is 17.0 Å². The molecule has 0 unspecified atom stereocenters. The summed E-state index contributed by atoms with van der Waals surface area (Å²) in [5, 5.41) is 7.64. The van der Waals surface area contributed by atoms with E-state index in [0.29, 0.717) is 18.0 Å². The lowest BCUT2D eigenvalue weighted by Gasteiger charge is -2.35. The molecule has 1 saturated heterocycles. The number of amides is 1. The van der Waals surface area contributed by atoms with Crippen molar-refractivity contribution in [3.63, 3.8) is 0 Å². The molecule has 3 rings (SSSR count). The number of alkyl halides is 6. The number of carbonyl (C=O) groups is 1. The van der Waals surface area contributed by atoms with Crippen LogP contribution in [0.1, 0.15) is 21.5 Å². The first-order valence-corrected chi connectivity index (χ1v) is 8.18. The summed E-state index contributed by atoms with van der Waals surface area (Å²) >= 11 is 0. The van der Waals surface area contributed by atoms with Gasteiger partial charge in [-0.15, -0.1) is 5.10 Å². The van der Waals surface area contributed by atoms with Crippen LogP contribution in [0.3, 0.4) is 0 Å². The molecule has 5 nitrogen and oxygen atoms in total. The first-order chi connectivity index (χ1) is 13.1. The van der Waals surface area contributed by atoms with Crippen LogP contribution in [-0.4, -0.2) is 47.2 Å². The molecule has 2 heterocycles. The van der Waals surface area contributed by atoms with Gasteiger partial charge in [0.2, 0.25) is 0 Å². The van der Waals surface area contributed by atoms with Gasteiger partial charge in [-0.25, -0.2) is 0 Å². The number of rotatable bonds is 2. The Morgan fingerprint density at radius 1 is 0.929 bits per heavy atom. The maximum Gasteiger partial charge on any atom is 0.417 e. The van der Waals surface area contributed by atoms with Crippen molar-refractivity contribution in [2.24, 2.45) is 0 Å². The number of benzene rings is 1. The molecule has 0 spiro atoms. The molecular weight excluding hydrogens is 390 g/mol. The van der Waals surface area contributed by atoms with Gasteiger partial charge in [0, 0.05) is 32.4 Å². The third-order valence-electron chi connectivity index (χ3n) is 4.33. The van der Waals surface area contributed by atoms with Crippen molar-refractivity contribution in [1.82, 2.24) is 15.1 Å². The van der Waals surface area contributed by atoms with Gasteiger partial charge >= 0.3 is 12.4 Å². The lowest BCUT2D eigenvalue weighted by molar-refractivity contribution is -0.141. The Kier molecular flexibility index (Phi) is 5.18. The van der Waals surface area contributed by atoms with Crippen molar-refractivity contribution in [2.75, 3.05) is 31.1 Å². The molecule has 0 atom stereocenters. The minimum atomic E-state index is -4.95. The van der Waals surface area contributed by atoms with Gasteiger partial charge < -0.3 is 9.80 Å². The largest absolute Gasteiger partial charge is 0.417 e. The number of halogens is 6. The monoisotopic (exact) mass is 404 g/mol. The van der Waals surface area contributed by atoms with E-state index in [1.807, 2.05) is 0 Å². The fourth-order valence-electron chi connectivity index (χ4n) is 2.92. The minimum Gasteiger partial charge on any atom is -0.352 e. The summed E-state index contributed by atoms with van der Waals surface area (Å²) in [5.41, 5.74) is -3.70. The zero-order chi connectivity index (χ0) is 20.5. The first-order valence-electron chi connectivity index (χ1n) is 8.18. The predicted molar refractivity (Wildman–Crippen MR) is 86.6 cm³/mol. The number of hydrogen-bond donors (Lipinski definition) is 0. The number of anilines is 1. The van der Waals surface area contributed by atoms with E-state index < -0.39 is 35.0 Å². The smallest absolute Gasteiger partial charge is 0.352 e. The molecule has 150 valence electrons. The van der Waals surface area contributed by atoms with E-state index in [-0.39, 0.29) is 32.2 Å². The standard InChI is InChI=1S/C17H14F6N4O/c18-16(19,20)11-3-4-13(17(21,22)23)12(10-11)15(28)27-8-6-26(7-9-27)14-2-1-5-24-25-14/h1-5,10H,6-9H2. The lowest BCUT2D eigenvalue weighted by atomic mass is 10.0. The summed E-state index contributed by atoms with van der Waals surface area (Å²) in [6.45, 7) is 0.626. The van der Waals surface area contributed by atoms with Crippen LogP contribution < -0.4 is 4.90 Å². The summed E-state index contributed by atoms with van der Waals surface area (Å²) in [6, 6.07) is 4.24. The van der Waals surface area contributed by atoms with Crippen LogP contribution in [-0.2, 0) is 12.4 Å². The summed E-state index contributed by atoms with van der Waals surface area (Å²) in [6.07, 6.45) is -8.32. The lowest BCUT2D eigenvalue weighted by Crippen LogP contribution is -2.49. The van der Waals surface area contributed by atoms with E-state index >= 15 is 0 Å². The molecule has 11 heteroatoms. The van der Waals surface area contributed by atoms with E-state index in [2.05, 4.69) is 10.2 Å². The van der Waals surface area contributed by atoms with E-state index in [1.165, 1.54) is 6.20 Å². The minimum absolute atomic E-state index is 0.0446. The molecule has 0 radical (unpaired) electrons. The molecule has 1 aromatic heterocycles. The number of nitrogens with zero attached hydrogens (tertiary/aromatic N) is 4. The number of hydrogen-bond acceptors (Lipinski definition) is 4. The summed E-state index contributed by atoms with van der Waals surface area (Å²) in [4.78, 5) is 15.5. The van der Waals surface area contributed by atoms with Gasteiger partial charge in [-0.1, -0.05) is 0 Å². The maximum absolute atomic E-state index is 13.2. The molecule has 0 N–H and O–H groups in total. The van der Waals surface area contributed by atoms with Crippen LogP contribution in [0.25, 0.3) is 0 Å². The Morgan fingerprint density at radius 3 is 2.14 bits per heavy atom. The molecular formula is C17H14F6N4O. The fourth-order valence-corrected chi connectivity index (χ4v) is 2.92. The molecule has 2 aromatic rings. The molecule has 1 amide bonds. The zero-order valence-electron chi connectivity index (χ0n) is 14.3. The van der Waals surface area contributed by atoms with Crippen LogP contribution in [0, 0.1) is 0 Å². The van der Waals surface area contributed by atoms with Crippen molar-refractivity contribution in [1.29, 1.82) is 0 Å². The molecule has 0 bridgehead atoms. The Morgan fingerprint density at radius 2 is 1.61 bits per heavy atom. The number of piperazine rings is 1. The highest BCUT2D eigenvalue weighted by molar-refractivity contribution is 5.96. The van der Waals surface area contributed by atoms with Gasteiger partial charge in [-0.3, -0.25) is 4.79 Å². The third kappa shape index (κ3) is 4.18. The van der Waals surface area contributed by atoms with E-state index in [0.717, 1.165) is 4.90 Å². The molecule has 1 aliphatic rings. The molecule has 0 aliphatic carbocycles. The number of carbonyl (C=O) groups excluding carboxylic acids is 1. The molecule has 1 aliphatic heterocycles. The van der Waals surface area contributed by atoms with E-state index in [9.17, 15) is 31.1 Å². The van der Waals surface area contributed by atoms with E-state index in [4.69, 9.17) is 0 Å². The van der Waals surface area contributed by atoms with Gasteiger partial charge in [-0.2, -0.15) is 31.4 Å². The second kappa shape index (κ2) is 7.28. The average Bonchev–Trinajstić information content (AvgIpc) is 2.66. The molecule has 1 aromatic carbocycles. The van der Waals surface area contributed by atoms with Crippen LogP contribution in [0.15, 0.2) is 36.5 Å². The Bertz CT molecular complexity index is 845. The van der Waals surface area contributed by atoms with Crippen LogP contribution >= 0.6 is 0 Å². The summed E-state index contributed by atoms with van der Waals surface area (Å²) in [5.74, 6) is -0.540. The maximum atomic E-state index is 13.2. The predicted octanol–water partition coefficient (Wildman–Crippen LogP) is 3.48. The first kappa shape index (κ1) is 19.9. The van der Waals surface area contributed by atoms with Crippen molar-refractivity contribution in [2.45, 2.75) is 12.4 Å². The van der Waals surface area contributed by atoms with Crippen LogP contribution in [0.2, 0.25) is 0 Å². The summed E-state index contributed by atoms with van der Waals surface area (Å²) < 4.78 is 78.4. The number of aromatic nitrogens is 2. The second-order valence-corrected chi connectivity index (χ2v) is 6.12. The fraction of sp³-hybridized carbons (Fsp3) is 0.353. The zero-order valence-corrected chi connectivity index (χ0v) is 14.3. The molecule has 28 heavy (non-hydrogen) atoms. The van der Waals surface area contributed by atoms with Gasteiger partial charge in [0.1, 0.15) is 0 Å². The van der Waals surface area contributed by atoms with Gasteiger partial charge in [0.15, 0.2) is 5.82 Å². The second-order valence-electron chi connectivity index (χ2n) is 6.12. The SMILES string of the molecule is O=C(c1cc(C(F)(F)F)ccc1C(F)(F)F)N1CCN(c2cccnn2)CC1. The highest BCUT2D eigenvalue weighted by Gasteiger charge is 2.39. The Labute approximate surface area is 155 Å². The quantitative estimate of drug-likeness (QED) is 0.720. The highest BCUT2D eigenvalue weighted by Crippen LogP contribution is 2.37. The van der Waals surface area contributed by atoms with Crippen molar-refractivity contribution in [3.05, 3.63) is 53.2 Å². The van der Waals surface area contributed by atoms with Gasteiger partial charge in [0.25, 0.3) is 5.91 Å².